The summed E-state index contributed by atoms with van der Waals surface area (Å²) in [5, 5.41) is 0. The number of amides is 2. The van der Waals surface area contributed by atoms with Crippen LogP contribution in [0.1, 0.15) is 26.7 Å². The van der Waals surface area contributed by atoms with Crippen molar-refractivity contribution in [3.8, 4) is 0 Å². The summed E-state index contributed by atoms with van der Waals surface area (Å²) in [5.74, 6) is -0.227. The van der Waals surface area contributed by atoms with Gasteiger partial charge >= 0.3 is 0 Å². The lowest BCUT2D eigenvalue weighted by molar-refractivity contribution is -0.141. The maximum absolute atomic E-state index is 12.1. The first kappa shape index (κ1) is 15.9. The summed E-state index contributed by atoms with van der Waals surface area (Å²) in [5.41, 5.74) is 5.60. The van der Waals surface area contributed by atoms with Gasteiger partial charge in [0, 0.05) is 27.2 Å². The minimum Gasteiger partial charge on any atom is -0.347 e. The molecule has 2 amide bonds. The van der Waals surface area contributed by atoms with E-state index in [1.807, 2.05) is 13.8 Å². The van der Waals surface area contributed by atoms with E-state index >= 15 is 0 Å². The monoisotopic (exact) mass is 243 g/mol. The Kier molecular flexibility index (Phi) is 7.54. The van der Waals surface area contributed by atoms with Gasteiger partial charge in [-0.1, -0.05) is 13.3 Å². The van der Waals surface area contributed by atoms with Gasteiger partial charge in [-0.15, -0.1) is 0 Å². The smallest absolute Gasteiger partial charge is 0.241 e. The number of hydrogen-bond acceptors (Lipinski definition) is 3. The van der Waals surface area contributed by atoms with Crippen LogP contribution in [0.15, 0.2) is 0 Å². The van der Waals surface area contributed by atoms with Gasteiger partial charge in [-0.05, 0) is 13.3 Å². The summed E-state index contributed by atoms with van der Waals surface area (Å²) in [6.07, 6.45) is 1.70. The molecule has 0 rings (SSSR count). The van der Waals surface area contributed by atoms with Crippen molar-refractivity contribution in [3.05, 3.63) is 0 Å². The molecular weight excluding hydrogens is 218 g/mol. The zero-order valence-corrected chi connectivity index (χ0v) is 11.4. The van der Waals surface area contributed by atoms with Crippen LogP contribution in [0.3, 0.4) is 0 Å². The molecule has 0 aromatic carbocycles. The maximum Gasteiger partial charge on any atom is 0.241 e. The first-order valence-electron chi connectivity index (χ1n) is 6.16. The summed E-state index contributed by atoms with van der Waals surface area (Å²) in [7, 11) is 3.38. The van der Waals surface area contributed by atoms with Crippen LogP contribution in [-0.4, -0.2) is 55.3 Å². The Morgan fingerprint density at radius 3 is 2.18 bits per heavy atom. The average Bonchev–Trinajstić information content (AvgIpc) is 2.31. The first-order chi connectivity index (χ1) is 7.97. The molecule has 0 aliphatic rings. The Labute approximate surface area is 104 Å². The highest BCUT2D eigenvalue weighted by molar-refractivity contribution is 5.85. The fourth-order valence-electron chi connectivity index (χ4n) is 1.60. The Morgan fingerprint density at radius 2 is 1.82 bits per heavy atom. The number of nitrogens with zero attached hydrogens (tertiary/aromatic N) is 2. The molecule has 0 radical (unpaired) electrons. The summed E-state index contributed by atoms with van der Waals surface area (Å²) < 4.78 is 0. The van der Waals surface area contributed by atoms with Crippen molar-refractivity contribution >= 4 is 11.8 Å². The minimum absolute atomic E-state index is 0.00736. The molecule has 0 aliphatic heterocycles. The third kappa shape index (κ3) is 5.17. The summed E-state index contributed by atoms with van der Waals surface area (Å²) in [6.45, 7) is 4.93. The van der Waals surface area contributed by atoms with Crippen LogP contribution in [-0.2, 0) is 9.59 Å². The fraction of sp³-hybridized carbons (Fsp3) is 0.833. The highest BCUT2D eigenvalue weighted by Gasteiger charge is 2.23. The van der Waals surface area contributed by atoms with Crippen molar-refractivity contribution < 1.29 is 9.59 Å². The van der Waals surface area contributed by atoms with Gasteiger partial charge in [0.25, 0.3) is 0 Å². The molecule has 0 fully saturated rings. The zero-order chi connectivity index (χ0) is 13.4. The topological polar surface area (TPSA) is 66.6 Å². The second kappa shape index (κ2) is 8.06. The van der Waals surface area contributed by atoms with Crippen molar-refractivity contribution in [2.75, 3.05) is 33.7 Å². The molecule has 5 nitrogen and oxygen atoms in total. The second-order valence-corrected chi connectivity index (χ2v) is 4.36. The first-order valence-corrected chi connectivity index (χ1v) is 6.16. The standard InChI is InChI=1S/C12H25N3O2/c1-5-7-10(8-13)12(17)15(6-2)9-11(16)14(3)4/h10H,5-9,13H2,1-4H3. The van der Waals surface area contributed by atoms with Gasteiger partial charge in [-0.3, -0.25) is 9.59 Å². The molecule has 100 valence electrons. The highest BCUT2D eigenvalue weighted by Crippen LogP contribution is 2.09. The second-order valence-electron chi connectivity index (χ2n) is 4.36. The molecule has 0 bridgehead atoms. The molecule has 1 unspecified atom stereocenters. The Bertz CT molecular complexity index is 254. The minimum atomic E-state index is -0.157. The van der Waals surface area contributed by atoms with Crippen LogP contribution in [0.4, 0.5) is 0 Å². The molecule has 0 spiro atoms. The lowest BCUT2D eigenvalue weighted by atomic mass is 10.0. The largest absolute Gasteiger partial charge is 0.347 e. The molecule has 0 saturated carbocycles. The summed E-state index contributed by atoms with van der Waals surface area (Å²) >= 11 is 0. The van der Waals surface area contributed by atoms with Crippen molar-refractivity contribution in [2.24, 2.45) is 11.7 Å². The van der Waals surface area contributed by atoms with Crippen LogP contribution in [0, 0.1) is 5.92 Å². The third-order valence-electron chi connectivity index (χ3n) is 2.79. The molecule has 0 heterocycles. The van der Waals surface area contributed by atoms with Crippen molar-refractivity contribution in [1.82, 2.24) is 9.80 Å². The van der Waals surface area contributed by atoms with Crippen molar-refractivity contribution in [2.45, 2.75) is 26.7 Å². The Morgan fingerprint density at radius 1 is 1.24 bits per heavy atom. The number of carbonyl (C=O) groups excluding carboxylic acids is 2. The number of nitrogens with two attached hydrogens (primary N) is 1. The maximum atomic E-state index is 12.1. The average molecular weight is 243 g/mol. The number of rotatable bonds is 7. The van der Waals surface area contributed by atoms with Crippen LogP contribution >= 0.6 is 0 Å². The van der Waals surface area contributed by atoms with E-state index in [1.54, 1.807) is 19.0 Å². The SMILES string of the molecule is CCCC(CN)C(=O)N(CC)CC(=O)N(C)C. The van der Waals surface area contributed by atoms with E-state index in [1.165, 1.54) is 4.90 Å². The zero-order valence-electron chi connectivity index (χ0n) is 11.4. The molecule has 0 saturated heterocycles. The van der Waals surface area contributed by atoms with E-state index in [0.29, 0.717) is 13.1 Å². The van der Waals surface area contributed by atoms with Gasteiger partial charge in [0.15, 0.2) is 0 Å². The summed E-state index contributed by atoms with van der Waals surface area (Å²) in [4.78, 5) is 26.8. The van der Waals surface area contributed by atoms with Gasteiger partial charge in [-0.2, -0.15) is 0 Å². The Hall–Kier alpha value is -1.10. The van der Waals surface area contributed by atoms with Gasteiger partial charge in [0.05, 0.1) is 12.5 Å². The quantitative estimate of drug-likeness (QED) is 0.699. The molecule has 17 heavy (non-hydrogen) atoms. The lowest BCUT2D eigenvalue weighted by Crippen LogP contribution is -2.44. The van der Waals surface area contributed by atoms with Gasteiger partial charge in [-0.25, -0.2) is 0 Å². The predicted molar refractivity (Wildman–Crippen MR) is 68.4 cm³/mol. The van der Waals surface area contributed by atoms with E-state index < -0.39 is 0 Å². The van der Waals surface area contributed by atoms with E-state index in [-0.39, 0.29) is 24.3 Å². The summed E-state index contributed by atoms with van der Waals surface area (Å²) in [6, 6.07) is 0. The fourth-order valence-corrected chi connectivity index (χ4v) is 1.60. The predicted octanol–water partition coefficient (Wildman–Crippen LogP) is 0.298. The molecule has 2 N–H and O–H groups in total. The van der Waals surface area contributed by atoms with Gasteiger partial charge < -0.3 is 15.5 Å². The van der Waals surface area contributed by atoms with E-state index in [0.717, 1.165) is 12.8 Å². The van der Waals surface area contributed by atoms with Crippen molar-refractivity contribution in [3.63, 3.8) is 0 Å². The van der Waals surface area contributed by atoms with Crippen LogP contribution in [0.2, 0.25) is 0 Å². The molecule has 5 heteroatoms. The molecular formula is C12H25N3O2. The highest BCUT2D eigenvalue weighted by atomic mass is 16.2. The van der Waals surface area contributed by atoms with E-state index in [9.17, 15) is 9.59 Å². The number of carbonyl (C=O) groups is 2. The van der Waals surface area contributed by atoms with E-state index in [2.05, 4.69) is 0 Å². The molecule has 1 atom stereocenters. The van der Waals surface area contributed by atoms with Crippen molar-refractivity contribution in [1.29, 1.82) is 0 Å². The Balaban J connectivity index is 4.53. The molecule has 0 aromatic rings. The van der Waals surface area contributed by atoms with Crippen LogP contribution in [0.5, 0.6) is 0 Å². The molecule has 0 aliphatic carbocycles. The van der Waals surface area contributed by atoms with Crippen LogP contribution < -0.4 is 5.73 Å². The third-order valence-corrected chi connectivity index (χ3v) is 2.79. The molecule has 0 aromatic heterocycles. The number of hydrogen-bond donors (Lipinski definition) is 1. The van der Waals surface area contributed by atoms with E-state index in [4.69, 9.17) is 5.73 Å². The number of likely N-dealkylation sites (N-methyl/N-ethyl adjacent to an activating group) is 2. The van der Waals surface area contributed by atoms with Gasteiger partial charge in [0.1, 0.15) is 0 Å². The van der Waals surface area contributed by atoms with Gasteiger partial charge in [0.2, 0.25) is 11.8 Å². The van der Waals surface area contributed by atoms with Crippen LogP contribution in [0.25, 0.3) is 0 Å². The normalized spacial score (nSPS) is 12.1. The lowest BCUT2D eigenvalue weighted by Gasteiger charge is -2.26.